The lowest BCUT2D eigenvalue weighted by molar-refractivity contribution is -0.117. The molecular weight excluding hydrogens is 346 g/mol. The molecule has 1 aliphatic rings. The Kier molecular flexibility index (Phi) is 5.71. The first kappa shape index (κ1) is 18.6. The van der Waals surface area contributed by atoms with Crippen LogP contribution in [0.5, 0.6) is 0 Å². The van der Waals surface area contributed by atoms with Gasteiger partial charge in [-0.2, -0.15) is 0 Å². The summed E-state index contributed by atoms with van der Waals surface area (Å²) in [5.41, 5.74) is 2.02. The van der Waals surface area contributed by atoms with Crippen LogP contribution in [0.1, 0.15) is 53.4 Å². The highest BCUT2D eigenvalue weighted by Crippen LogP contribution is 2.33. The molecule has 2 aromatic rings. The molecule has 0 aromatic carbocycles. The quantitative estimate of drug-likeness (QED) is 0.774. The van der Waals surface area contributed by atoms with Gasteiger partial charge in [0.05, 0.1) is 9.88 Å². The maximum absolute atomic E-state index is 12.6. The van der Waals surface area contributed by atoms with Gasteiger partial charge in [0.2, 0.25) is 5.91 Å². The average Bonchev–Trinajstić information content (AvgIpc) is 3.39. The Morgan fingerprint density at radius 3 is 2.73 bits per heavy atom. The molecule has 0 spiro atoms. The summed E-state index contributed by atoms with van der Waals surface area (Å²) in [6.45, 7) is 6.75. The molecule has 26 heavy (non-hydrogen) atoms. The summed E-state index contributed by atoms with van der Waals surface area (Å²) in [7, 11) is 0. The van der Waals surface area contributed by atoms with Crippen molar-refractivity contribution in [2.24, 2.45) is 11.8 Å². The first-order valence-electron chi connectivity index (χ1n) is 9.05. The maximum atomic E-state index is 12.6. The van der Waals surface area contributed by atoms with Crippen molar-refractivity contribution in [3.8, 4) is 0 Å². The molecular formula is C20H25N3O2S. The van der Waals surface area contributed by atoms with Gasteiger partial charge in [0.1, 0.15) is 0 Å². The fraction of sp³-hybridized carbons (Fsp3) is 0.450. The number of nitrogens with zero attached hydrogens (tertiary/aromatic N) is 1. The number of nitrogens with one attached hydrogen (secondary N) is 2. The Hall–Kier alpha value is -2.21. The van der Waals surface area contributed by atoms with Gasteiger partial charge in [-0.25, -0.2) is 0 Å². The third kappa shape index (κ3) is 4.49. The molecule has 2 N–H and O–H groups in total. The van der Waals surface area contributed by atoms with Crippen molar-refractivity contribution >= 4 is 28.2 Å². The Balaban J connectivity index is 1.63. The van der Waals surface area contributed by atoms with Crippen LogP contribution in [-0.2, 0) is 4.79 Å². The van der Waals surface area contributed by atoms with Gasteiger partial charge in [0.25, 0.3) is 5.91 Å². The molecule has 1 saturated carbocycles. The molecule has 5 nitrogen and oxygen atoms in total. The number of hydrogen-bond acceptors (Lipinski definition) is 4. The molecule has 1 unspecified atom stereocenters. The molecule has 3 rings (SSSR count). The average molecular weight is 372 g/mol. The van der Waals surface area contributed by atoms with Crippen molar-refractivity contribution < 1.29 is 9.59 Å². The molecule has 6 heteroatoms. The summed E-state index contributed by atoms with van der Waals surface area (Å²) in [6, 6.07) is 5.84. The summed E-state index contributed by atoms with van der Waals surface area (Å²) in [4.78, 5) is 29.4. The predicted octanol–water partition coefficient (Wildman–Crippen LogP) is 3.97. The SMILES string of the molecule is Cc1cc(NC(=O)C2CC2)sc1C(=O)NCC(c1cccnc1)C(C)C. The summed E-state index contributed by atoms with van der Waals surface area (Å²) < 4.78 is 0. The van der Waals surface area contributed by atoms with E-state index in [2.05, 4.69) is 29.5 Å². The van der Waals surface area contributed by atoms with Crippen molar-refractivity contribution in [2.75, 3.05) is 11.9 Å². The van der Waals surface area contributed by atoms with Crippen molar-refractivity contribution in [1.82, 2.24) is 10.3 Å². The third-order valence-electron chi connectivity index (χ3n) is 4.72. The molecule has 2 aromatic heterocycles. The number of carbonyl (C=O) groups excluding carboxylic acids is 2. The second-order valence-corrected chi connectivity index (χ2v) is 8.29. The van der Waals surface area contributed by atoms with Gasteiger partial charge >= 0.3 is 0 Å². The first-order chi connectivity index (χ1) is 12.5. The van der Waals surface area contributed by atoms with Crippen LogP contribution in [0.15, 0.2) is 30.6 Å². The molecule has 1 aliphatic carbocycles. The van der Waals surface area contributed by atoms with Gasteiger partial charge in [-0.15, -0.1) is 11.3 Å². The highest BCUT2D eigenvalue weighted by atomic mass is 32.1. The van der Waals surface area contributed by atoms with E-state index >= 15 is 0 Å². The summed E-state index contributed by atoms with van der Waals surface area (Å²) in [6.07, 6.45) is 5.55. The number of aromatic nitrogens is 1. The number of carbonyl (C=O) groups is 2. The molecule has 2 amide bonds. The lowest BCUT2D eigenvalue weighted by Crippen LogP contribution is -2.30. The lowest BCUT2D eigenvalue weighted by Gasteiger charge is -2.21. The molecule has 1 atom stereocenters. The van der Waals surface area contributed by atoms with Crippen LogP contribution in [0.2, 0.25) is 0 Å². The van der Waals surface area contributed by atoms with E-state index in [0.717, 1.165) is 29.0 Å². The van der Waals surface area contributed by atoms with Crippen LogP contribution in [0.4, 0.5) is 5.00 Å². The topological polar surface area (TPSA) is 71.1 Å². The standard InChI is InChI=1S/C20H25N3O2S/c1-12(2)16(15-5-4-8-21-10-15)11-22-20(25)18-13(3)9-17(26-18)23-19(24)14-6-7-14/h4-5,8-10,12,14,16H,6-7,11H2,1-3H3,(H,22,25)(H,23,24). The Bertz CT molecular complexity index is 782. The van der Waals surface area contributed by atoms with E-state index < -0.39 is 0 Å². The van der Waals surface area contributed by atoms with Crippen LogP contribution >= 0.6 is 11.3 Å². The number of pyridine rings is 1. The van der Waals surface area contributed by atoms with Gasteiger partial charge in [-0.3, -0.25) is 14.6 Å². The van der Waals surface area contributed by atoms with Crippen molar-refractivity contribution in [1.29, 1.82) is 0 Å². The van der Waals surface area contributed by atoms with Gasteiger partial charge < -0.3 is 10.6 Å². The van der Waals surface area contributed by atoms with E-state index in [1.54, 1.807) is 6.20 Å². The Labute approximate surface area is 158 Å². The van der Waals surface area contributed by atoms with Crippen LogP contribution in [0.3, 0.4) is 0 Å². The molecule has 138 valence electrons. The zero-order valence-corrected chi connectivity index (χ0v) is 16.2. The van der Waals surface area contributed by atoms with Crippen LogP contribution < -0.4 is 10.6 Å². The molecule has 2 heterocycles. The van der Waals surface area contributed by atoms with Crippen LogP contribution in [0, 0.1) is 18.8 Å². The van der Waals surface area contributed by atoms with Crippen molar-refractivity contribution in [2.45, 2.75) is 39.5 Å². The van der Waals surface area contributed by atoms with Gasteiger partial charge in [0, 0.05) is 30.8 Å². The van der Waals surface area contributed by atoms with E-state index in [0.29, 0.717) is 17.3 Å². The summed E-state index contributed by atoms with van der Waals surface area (Å²) >= 11 is 1.34. The zero-order chi connectivity index (χ0) is 18.7. The minimum atomic E-state index is -0.0889. The van der Waals surface area contributed by atoms with Crippen molar-refractivity contribution in [3.05, 3.63) is 46.6 Å². The minimum Gasteiger partial charge on any atom is -0.351 e. The fourth-order valence-corrected chi connectivity index (χ4v) is 3.95. The normalized spacial score (nSPS) is 14.9. The Morgan fingerprint density at radius 2 is 2.12 bits per heavy atom. The zero-order valence-electron chi connectivity index (χ0n) is 15.4. The second-order valence-electron chi connectivity index (χ2n) is 7.23. The van der Waals surface area contributed by atoms with Crippen LogP contribution in [-0.4, -0.2) is 23.3 Å². The number of hydrogen-bond donors (Lipinski definition) is 2. The molecule has 0 bridgehead atoms. The number of aryl methyl sites for hydroxylation is 1. The number of rotatable bonds is 7. The van der Waals surface area contributed by atoms with E-state index in [1.807, 2.05) is 31.3 Å². The number of anilines is 1. The highest BCUT2D eigenvalue weighted by Gasteiger charge is 2.30. The third-order valence-corrected chi connectivity index (χ3v) is 5.87. The van der Waals surface area contributed by atoms with E-state index in [4.69, 9.17) is 0 Å². The second kappa shape index (κ2) is 7.99. The number of thiophene rings is 1. The molecule has 0 saturated heterocycles. The number of amides is 2. The van der Waals surface area contributed by atoms with E-state index in [-0.39, 0.29) is 23.7 Å². The van der Waals surface area contributed by atoms with Gasteiger partial charge in [-0.05, 0) is 48.9 Å². The van der Waals surface area contributed by atoms with E-state index in [9.17, 15) is 9.59 Å². The maximum Gasteiger partial charge on any atom is 0.261 e. The van der Waals surface area contributed by atoms with Crippen molar-refractivity contribution in [3.63, 3.8) is 0 Å². The van der Waals surface area contributed by atoms with E-state index in [1.165, 1.54) is 11.3 Å². The van der Waals surface area contributed by atoms with Gasteiger partial charge in [0.15, 0.2) is 0 Å². The monoisotopic (exact) mass is 371 g/mol. The summed E-state index contributed by atoms with van der Waals surface area (Å²) in [5, 5.41) is 6.72. The van der Waals surface area contributed by atoms with Gasteiger partial charge in [-0.1, -0.05) is 19.9 Å². The predicted molar refractivity (Wildman–Crippen MR) is 105 cm³/mol. The first-order valence-corrected chi connectivity index (χ1v) is 9.86. The Morgan fingerprint density at radius 1 is 1.35 bits per heavy atom. The lowest BCUT2D eigenvalue weighted by atomic mass is 9.89. The molecule has 0 radical (unpaired) electrons. The molecule has 0 aliphatic heterocycles. The smallest absolute Gasteiger partial charge is 0.261 e. The largest absolute Gasteiger partial charge is 0.351 e. The highest BCUT2D eigenvalue weighted by molar-refractivity contribution is 7.18. The fourth-order valence-electron chi connectivity index (χ4n) is 2.95. The van der Waals surface area contributed by atoms with Crippen LogP contribution in [0.25, 0.3) is 0 Å². The molecule has 1 fully saturated rings. The summed E-state index contributed by atoms with van der Waals surface area (Å²) in [5.74, 6) is 0.726. The minimum absolute atomic E-state index is 0.0645.